The van der Waals surface area contributed by atoms with E-state index < -0.39 is 9.84 Å². The second-order valence-corrected chi connectivity index (χ2v) is 9.35. The summed E-state index contributed by atoms with van der Waals surface area (Å²) in [6.07, 6.45) is 1.57. The van der Waals surface area contributed by atoms with Crippen molar-refractivity contribution in [2.45, 2.75) is 25.2 Å². The fraction of sp³-hybridized carbons (Fsp3) is 0.222. The smallest absolute Gasteiger partial charge is 0.225 e. The van der Waals surface area contributed by atoms with E-state index in [1.165, 1.54) is 11.3 Å². The highest BCUT2D eigenvalue weighted by Crippen LogP contribution is 2.33. The van der Waals surface area contributed by atoms with Gasteiger partial charge in [0.15, 0.2) is 9.84 Å². The molecule has 0 saturated heterocycles. The van der Waals surface area contributed by atoms with Crippen LogP contribution in [0, 0.1) is 13.8 Å². The van der Waals surface area contributed by atoms with Gasteiger partial charge in [0.2, 0.25) is 5.91 Å². The Morgan fingerprint density at radius 1 is 1.19 bits per heavy atom. The summed E-state index contributed by atoms with van der Waals surface area (Å²) in [5.74, 6) is -0.545. The van der Waals surface area contributed by atoms with E-state index in [0.29, 0.717) is 5.69 Å². The van der Waals surface area contributed by atoms with Gasteiger partial charge >= 0.3 is 0 Å². The average Bonchev–Trinajstić information content (AvgIpc) is 3.24. The van der Waals surface area contributed by atoms with Crippen LogP contribution in [0.2, 0.25) is 0 Å². The van der Waals surface area contributed by atoms with Crippen molar-refractivity contribution in [3.8, 4) is 10.6 Å². The van der Waals surface area contributed by atoms with Crippen molar-refractivity contribution in [3.05, 3.63) is 53.0 Å². The van der Waals surface area contributed by atoms with Gasteiger partial charge in [-0.2, -0.15) is 5.10 Å². The number of amides is 1. The number of aryl methyl sites for hydroxylation is 2. The van der Waals surface area contributed by atoms with Gasteiger partial charge in [0.25, 0.3) is 0 Å². The average molecular weight is 390 g/mol. The molecule has 0 unspecified atom stereocenters. The zero-order valence-electron chi connectivity index (χ0n) is 14.4. The highest BCUT2D eigenvalue weighted by atomic mass is 32.2. The third-order valence-corrected chi connectivity index (χ3v) is 6.75. The summed E-state index contributed by atoms with van der Waals surface area (Å²) < 4.78 is 24.7. The molecule has 0 aliphatic heterocycles. The molecule has 0 bridgehead atoms. The van der Waals surface area contributed by atoms with Gasteiger partial charge in [0, 0.05) is 17.5 Å². The number of hydrogen-bond donors (Lipinski definition) is 2. The number of carbonyl (C=O) groups is 1. The first kappa shape index (κ1) is 18.3. The Kier molecular flexibility index (Phi) is 5.24. The number of aromatic nitrogens is 2. The van der Waals surface area contributed by atoms with Crippen LogP contribution in [0.15, 0.2) is 47.5 Å². The molecule has 3 rings (SSSR count). The van der Waals surface area contributed by atoms with Crippen molar-refractivity contribution in [3.63, 3.8) is 0 Å². The quantitative estimate of drug-likeness (QED) is 0.674. The van der Waals surface area contributed by atoms with Crippen molar-refractivity contribution in [1.29, 1.82) is 0 Å². The van der Waals surface area contributed by atoms with Gasteiger partial charge in [-0.25, -0.2) is 8.42 Å². The number of benzene rings is 1. The van der Waals surface area contributed by atoms with Crippen molar-refractivity contribution in [2.75, 3.05) is 11.1 Å². The number of nitrogens with zero attached hydrogens (tertiary/aromatic N) is 1. The van der Waals surface area contributed by atoms with Crippen LogP contribution in [0.1, 0.15) is 16.9 Å². The maximum absolute atomic E-state index is 12.3. The summed E-state index contributed by atoms with van der Waals surface area (Å²) in [5.41, 5.74) is 2.56. The molecule has 3 aromatic rings. The normalized spacial score (nSPS) is 11.5. The van der Waals surface area contributed by atoms with Gasteiger partial charge in [0.05, 0.1) is 26.9 Å². The minimum absolute atomic E-state index is 0.0924. The van der Waals surface area contributed by atoms with Crippen LogP contribution in [-0.2, 0) is 14.6 Å². The number of nitrogens with one attached hydrogen (secondary N) is 2. The molecule has 0 aliphatic carbocycles. The summed E-state index contributed by atoms with van der Waals surface area (Å²) in [5, 5.41) is 9.60. The van der Waals surface area contributed by atoms with Crippen LogP contribution < -0.4 is 5.32 Å². The molecule has 0 saturated carbocycles. The van der Waals surface area contributed by atoms with Gasteiger partial charge in [-0.1, -0.05) is 17.7 Å². The molecule has 0 spiro atoms. The first-order valence-corrected chi connectivity index (χ1v) is 10.5. The van der Waals surface area contributed by atoms with Crippen molar-refractivity contribution >= 4 is 32.8 Å². The van der Waals surface area contributed by atoms with E-state index in [2.05, 4.69) is 15.5 Å². The van der Waals surface area contributed by atoms with Crippen LogP contribution in [0.4, 0.5) is 5.69 Å². The maximum Gasteiger partial charge on any atom is 0.225 e. The Bertz CT molecular complexity index is 1000. The lowest BCUT2D eigenvalue weighted by Crippen LogP contribution is -2.17. The molecule has 0 aliphatic rings. The van der Waals surface area contributed by atoms with Gasteiger partial charge in [-0.15, -0.1) is 11.3 Å². The lowest BCUT2D eigenvalue weighted by molar-refractivity contribution is -0.115. The van der Waals surface area contributed by atoms with Gasteiger partial charge in [0.1, 0.15) is 0 Å². The SMILES string of the molecule is Cc1ccc(S(=O)(=O)CCC(=O)Nc2cc(-c3ccn[nH]3)sc2C)cc1. The molecule has 2 N–H and O–H groups in total. The third-order valence-electron chi connectivity index (χ3n) is 3.94. The van der Waals surface area contributed by atoms with Crippen LogP contribution >= 0.6 is 11.3 Å². The zero-order valence-corrected chi connectivity index (χ0v) is 16.1. The Morgan fingerprint density at radius 3 is 2.58 bits per heavy atom. The number of hydrogen-bond acceptors (Lipinski definition) is 5. The Labute approximate surface area is 156 Å². The van der Waals surface area contributed by atoms with E-state index in [9.17, 15) is 13.2 Å². The lowest BCUT2D eigenvalue weighted by atomic mass is 10.2. The number of aromatic amines is 1. The third kappa shape index (κ3) is 4.20. The summed E-state index contributed by atoms with van der Waals surface area (Å²) in [6.45, 7) is 3.80. The maximum atomic E-state index is 12.3. The molecule has 26 heavy (non-hydrogen) atoms. The first-order valence-electron chi connectivity index (χ1n) is 8.04. The van der Waals surface area contributed by atoms with Crippen LogP contribution in [-0.4, -0.2) is 30.3 Å². The van der Waals surface area contributed by atoms with E-state index in [1.54, 1.807) is 30.5 Å². The predicted molar refractivity (Wildman–Crippen MR) is 103 cm³/mol. The largest absolute Gasteiger partial charge is 0.325 e. The standard InChI is InChI=1S/C18H19N3O3S2/c1-12-3-5-14(6-4-12)26(23,24)10-8-18(22)20-16-11-17(25-13(16)2)15-7-9-19-21-15/h3-7,9,11H,8,10H2,1-2H3,(H,19,21)(H,20,22). The molecule has 1 amide bonds. The number of H-pyrrole nitrogens is 1. The number of carbonyl (C=O) groups excluding carboxylic acids is 1. The molecule has 0 atom stereocenters. The summed E-state index contributed by atoms with van der Waals surface area (Å²) in [4.78, 5) is 14.4. The fourth-order valence-corrected chi connectivity index (χ4v) is 4.63. The summed E-state index contributed by atoms with van der Waals surface area (Å²) >= 11 is 1.53. The Balaban J connectivity index is 1.63. The van der Waals surface area contributed by atoms with E-state index in [-0.39, 0.29) is 23.0 Å². The van der Waals surface area contributed by atoms with E-state index in [4.69, 9.17) is 0 Å². The molecular formula is C18H19N3O3S2. The molecule has 0 fully saturated rings. The summed E-state index contributed by atoms with van der Waals surface area (Å²) in [6, 6.07) is 10.4. The van der Waals surface area contributed by atoms with Gasteiger partial charge < -0.3 is 5.32 Å². The van der Waals surface area contributed by atoms with Gasteiger partial charge in [-0.3, -0.25) is 9.89 Å². The second kappa shape index (κ2) is 7.43. The van der Waals surface area contributed by atoms with Crippen LogP contribution in [0.3, 0.4) is 0 Å². The van der Waals surface area contributed by atoms with Gasteiger partial charge in [-0.05, 0) is 38.1 Å². The first-order chi connectivity index (χ1) is 12.3. The molecule has 8 heteroatoms. The monoisotopic (exact) mass is 389 g/mol. The molecule has 2 heterocycles. The Hall–Kier alpha value is -2.45. The molecular weight excluding hydrogens is 370 g/mol. The minimum Gasteiger partial charge on any atom is -0.325 e. The van der Waals surface area contributed by atoms with Crippen molar-refractivity contribution in [2.24, 2.45) is 0 Å². The van der Waals surface area contributed by atoms with Crippen LogP contribution in [0.5, 0.6) is 0 Å². The topological polar surface area (TPSA) is 91.9 Å². The highest BCUT2D eigenvalue weighted by Gasteiger charge is 2.17. The lowest BCUT2D eigenvalue weighted by Gasteiger charge is -2.06. The van der Waals surface area contributed by atoms with E-state index >= 15 is 0 Å². The number of anilines is 1. The predicted octanol–water partition coefficient (Wildman–Crippen LogP) is 3.56. The molecule has 6 nitrogen and oxygen atoms in total. The van der Waals surface area contributed by atoms with Crippen molar-refractivity contribution in [1.82, 2.24) is 10.2 Å². The van der Waals surface area contributed by atoms with E-state index in [1.807, 2.05) is 26.0 Å². The second-order valence-electron chi connectivity index (χ2n) is 5.98. The van der Waals surface area contributed by atoms with Crippen molar-refractivity contribution < 1.29 is 13.2 Å². The molecule has 136 valence electrons. The zero-order chi connectivity index (χ0) is 18.7. The Morgan fingerprint density at radius 2 is 1.92 bits per heavy atom. The van der Waals surface area contributed by atoms with E-state index in [0.717, 1.165) is 21.0 Å². The molecule has 0 radical (unpaired) electrons. The number of rotatable bonds is 6. The summed E-state index contributed by atoms with van der Waals surface area (Å²) in [7, 11) is -3.48. The van der Waals surface area contributed by atoms with Crippen LogP contribution in [0.25, 0.3) is 10.6 Å². The number of sulfone groups is 1. The minimum atomic E-state index is -3.48. The number of thiophene rings is 1. The fourth-order valence-electron chi connectivity index (χ4n) is 2.44. The highest BCUT2D eigenvalue weighted by molar-refractivity contribution is 7.91. The molecule has 1 aromatic carbocycles. The molecule has 2 aromatic heterocycles.